The summed E-state index contributed by atoms with van der Waals surface area (Å²) in [5.41, 5.74) is 1.21. The molecule has 1 aromatic heterocycles. The molecule has 18 heavy (non-hydrogen) atoms. The van der Waals surface area contributed by atoms with E-state index in [0.29, 0.717) is 5.15 Å². The summed E-state index contributed by atoms with van der Waals surface area (Å²) >= 11 is 6.05. The fourth-order valence-electron chi connectivity index (χ4n) is 3.01. The molecule has 0 saturated heterocycles. The second kappa shape index (κ2) is 7.78. The average Bonchev–Trinajstić information content (AvgIpc) is 2.42. The number of nitrogens with zero attached hydrogens (tertiary/aromatic N) is 1. The zero-order valence-electron chi connectivity index (χ0n) is 11.2. The van der Waals surface area contributed by atoms with E-state index in [1.165, 1.54) is 63.4 Å². The minimum atomic E-state index is 0.685. The molecule has 0 amide bonds. The van der Waals surface area contributed by atoms with Crippen LogP contribution >= 0.6 is 11.6 Å². The van der Waals surface area contributed by atoms with Gasteiger partial charge in [0.2, 0.25) is 0 Å². The number of aromatic nitrogens is 1. The first-order valence-corrected chi connectivity index (χ1v) is 7.83. The van der Waals surface area contributed by atoms with Crippen LogP contribution in [-0.4, -0.2) is 4.98 Å². The largest absolute Gasteiger partial charge is 0.244 e. The zero-order chi connectivity index (χ0) is 12.6. The van der Waals surface area contributed by atoms with Crippen LogP contribution in [0.1, 0.15) is 63.4 Å². The summed E-state index contributed by atoms with van der Waals surface area (Å²) in [5, 5.41) is 0.685. The molecule has 0 N–H and O–H groups in total. The predicted octanol–water partition coefficient (Wildman–Crippen LogP) is 5.42. The van der Waals surface area contributed by atoms with Crippen LogP contribution in [0, 0.1) is 5.92 Å². The average molecular weight is 266 g/mol. The van der Waals surface area contributed by atoms with Crippen molar-refractivity contribution in [2.24, 2.45) is 5.92 Å². The molecule has 1 fully saturated rings. The van der Waals surface area contributed by atoms with Crippen LogP contribution in [0.4, 0.5) is 0 Å². The van der Waals surface area contributed by atoms with Crippen LogP contribution in [0.25, 0.3) is 0 Å². The Morgan fingerprint density at radius 3 is 2.72 bits per heavy atom. The lowest BCUT2D eigenvalue weighted by molar-refractivity contribution is 0.328. The molecule has 0 unspecified atom stereocenters. The monoisotopic (exact) mass is 265 g/mol. The molecule has 0 aliphatic heterocycles. The van der Waals surface area contributed by atoms with Crippen molar-refractivity contribution in [2.45, 2.75) is 64.2 Å². The van der Waals surface area contributed by atoms with Gasteiger partial charge < -0.3 is 0 Å². The number of hydrogen-bond acceptors (Lipinski definition) is 1. The van der Waals surface area contributed by atoms with E-state index in [1.54, 1.807) is 6.20 Å². The highest BCUT2D eigenvalue weighted by molar-refractivity contribution is 6.30. The summed E-state index contributed by atoms with van der Waals surface area (Å²) in [4.78, 5) is 4.12. The maximum absolute atomic E-state index is 6.05. The molecule has 0 spiro atoms. The molecule has 1 aromatic rings. The van der Waals surface area contributed by atoms with Crippen LogP contribution in [0.15, 0.2) is 18.3 Å². The van der Waals surface area contributed by atoms with Crippen LogP contribution in [0.2, 0.25) is 5.15 Å². The van der Waals surface area contributed by atoms with Gasteiger partial charge in [-0.25, -0.2) is 4.98 Å². The summed E-state index contributed by atoms with van der Waals surface area (Å²) in [7, 11) is 0. The maximum Gasteiger partial charge on any atom is 0.132 e. The highest BCUT2D eigenvalue weighted by Crippen LogP contribution is 2.28. The van der Waals surface area contributed by atoms with E-state index in [2.05, 4.69) is 11.1 Å². The standard InChI is InChI=1S/C16H24ClN/c17-16-15(12-7-13-18-16)11-6-2-5-10-14-8-3-1-4-9-14/h7,12-14H,1-6,8-11H2. The number of aryl methyl sites for hydroxylation is 1. The van der Waals surface area contributed by atoms with E-state index in [1.807, 2.05) is 6.07 Å². The number of rotatable bonds is 6. The van der Waals surface area contributed by atoms with Crippen molar-refractivity contribution >= 4 is 11.6 Å². The van der Waals surface area contributed by atoms with Crippen LogP contribution in [-0.2, 0) is 6.42 Å². The van der Waals surface area contributed by atoms with Crippen molar-refractivity contribution < 1.29 is 0 Å². The van der Waals surface area contributed by atoms with E-state index in [9.17, 15) is 0 Å². The fourth-order valence-corrected chi connectivity index (χ4v) is 3.22. The molecular formula is C16H24ClN. The van der Waals surface area contributed by atoms with Crippen molar-refractivity contribution in [1.82, 2.24) is 4.98 Å². The first-order chi connectivity index (χ1) is 8.86. The third-order valence-corrected chi connectivity index (χ3v) is 4.46. The highest BCUT2D eigenvalue weighted by Gasteiger charge is 2.12. The summed E-state index contributed by atoms with van der Waals surface area (Å²) in [6, 6.07) is 4.07. The number of halogens is 1. The van der Waals surface area contributed by atoms with E-state index in [-0.39, 0.29) is 0 Å². The highest BCUT2D eigenvalue weighted by atomic mass is 35.5. The van der Waals surface area contributed by atoms with Gasteiger partial charge >= 0.3 is 0 Å². The van der Waals surface area contributed by atoms with Gasteiger partial charge in [-0.1, -0.05) is 69.0 Å². The van der Waals surface area contributed by atoms with Crippen LogP contribution in [0.3, 0.4) is 0 Å². The first-order valence-electron chi connectivity index (χ1n) is 7.45. The molecule has 0 radical (unpaired) electrons. The van der Waals surface area contributed by atoms with Crippen molar-refractivity contribution in [1.29, 1.82) is 0 Å². The van der Waals surface area contributed by atoms with E-state index < -0.39 is 0 Å². The van der Waals surface area contributed by atoms with Gasteiger partial charge in [0, 0.05) is 6.20 Å². The lowest BCUT2D eigenvalue weighted by atomic mass is 9.85. The Bertz CT molecular complexity index is 345. The molecule has 0 atom stereocenters. The van der Waals surface area contributed by atoms with E-state index >= 15 is 0 Å². The van der Waals surface area contributed by atoms with Crippen molar-refractivity contribution in [3.05, 3.63) is 29.0 Å². The smallest absolute Gasteiger partial charge is 0.132 e. The third-order valence-electron chi connectivity index (χ3n) is 4.12. The van der Waals surface area contributed by atoms with Crippen molar-refractivity contribution in [2.75, 3.05) is 0 Å². The van der Waals surface area contributed by atoms with E-state index in [0.717, 1.165) is 12.3 Å². The molecule has 2 heteroatoms. The summed E-state index contributed by atoms with van der Waals surface area (Å²) in [5.74, 6) is 1.03. The van der Waals surface area contributed by atoms with Gasteiger partial charge in [-0.15, -0.1) is 0 Å². The second-order valence-electron chi connectivity index (χ2n) is 5.56. The van der Waals surface area contributed by atoms with Gasteiger partial charge in [0.05, 0.1) is 0 Å². The van der Waals surface area contributed by atoms with Crippen LogP contribution in [0.5, 0.6) is 0 Å². The van der Waals surface area contributed by atoms with E-state index in [4.69, 9.17) is 11.6 Å². The Morgan fingerprint density at radius 1 is 1.11 bits per heavy atom. The maximum atomic E-state index is 6.05. The van der Waals surface area contributed by atoms with Gasteiger partial charge in [-0.3, -0.25) is 0 Å². The van der Waals surface area contributed by atoms with Gasteiger partial charge in [0.15, 0.2) is 0 Å². The quantitative estimate of drug-likeness (QED) is 0.494. The minimum absolute atomic E-state index is 0.685. The Hall–Kier alpha value is -0.560. The molecule has 1 saturated carbocycles. The molecule has 1 aliphatic rings. The molecule has 0 bridgehead atoms. The lowest BCUT2D eigenvalue weighted by Crippen LogP contribution is -2.05. The van der Waals surface area contributed by atoms with Crippen molar-refractivity contribution in [3.63, 3.8) is 0 Å². The van der Waals surface area contributed by atoms with Gasteiger partial charge in [-0.2, -0.15) is 0 Å². The predicted molar refractivity (Wildman–Crippen MR) is 78.0 cm³/mol. The third kappa shape index (κ3) is 4.61. The second-order valence-corrected chi connectivity index (χ2v) is 5.91. The first kappa shape index (κ1) is 13.9. The Morgan fingerprint density at radius 2 is 1.94 bits per heavy atom. The molecule has 1 nitrogen and oxygen atoms in total. The Labute approximate surface area is 116 Å². The minimum Gasteiger partial charge on any atom is -0.244 e. The summed E-state index contributed by atoms with van der Waals surface area (Å²) in [6.45, 7) is 0. The van der Waals surface area contributed by atoms with Crippen LogP contribution < -0.4 is 0 Å². The SMILES string of the molecule is Clc1ncccc1CCCCCC1CCCCC1. The molecule has 1 heterocycles. The zero-order valence-corrected chi connectivity index (χ0v) is 12.0. The molecule has 100 valence electrons. The topological polar surface area (TPSA) is 12.9 Å². The van der Waals surface area contributed by atoms with Gasteiger partial charge in [-0.05, 0) is 30.4 Å². The van der Waals surface area contributed by atoms with Crippen molar-refractivity contribution in [3.8, 4) is 0 Å². The normalized spacial score (nSPS) is 16.9. The summed E-state index contributed by atoms with van der Waals surface area (Å²) in [6.07, 6.45) is 15.6. The molecular weight excluding hydrogens is 242 g/mol. The fraction of sp³-hybridized carbons (Fsp3) is 0.688. The number of unbranched alkanes of at least 4 members (excludes halogenated alkanes) is 2. The number of pyridine rings is 1. The van der Waals surface area contributed by atoms with Gasteiger partial charge in [0.25, 0.3) is 0 Å². The molecule has 1 aliphatic carbocycles. The molecule has 0 aromatic carbocycles. The Kier molecular flexibility index (Phi) is 5.99. The molecule has 2 rings (SSSR count). The Balaban J connectivity index is 1.57. The lowest BCUT2D eigenvalue weighted by Gasteiger charge is -2.21. The van der Waals surface area contributed by atoms with Gasteiger partial charge in [0.1, 0.15) is 5.15 Å². The number of hydrogen-bond donors (Lipinski definition) is 0. The summed E-state index contributed by atoms with van der Waals surface area (Å²) < 4.78 is 0.